The number of thioether (sulfide) groups is 2. The molecule has 30 heavy (non-hydrogen) atoms. The van der Waals surface area contributed by atoms with Crippen molar-refractivity contribution < 1.29 is 0 Å². The van der Waals surface area contributed by atoms with Gasteiger partial charge in [-0.3, -0.25) is 0 Å². The van der Waals surface area contributed by atoms with Crippen LogP contribution in [-0.4, -0.2) is 6.54 Å². The number of hydrogen-bond donors (Lipinski definition) is 0. The lowest BCUT2D eigenvalue weighted by Gasteiger charge is -2.17. The molecule has 1 aliphatic heterocycles. The highest BCUT2D eigenvalue weighted by Gasteiger charge is 2.22. The van der Waals surface area contributed by atoms with E-state index in [-0.39, 0.29) is 0 Å². The van der Waals surface area contributed by atoms with Gasteiger partial charge in [-0.25, -0.2) is 0 Å². The minimum absolute atomic E-state index is 0.976. The second-order valence-corrected chi connectivity index (χ2v) is 9.10. The molecule has 2 aromatic rings. The lowest BCUT2D eigenvalue weighted by atomic mass is 10.1. The average molecular weight is 432 g/mol. The summed E-state index contributed by atoms with van der Waals surface area (Å²) in [6.45, 7) is 9.56. The molecule has 0 spiro atoms. The van der Waals surface area contributed by atoms with Crippen molar-refractivity contribution in [3.8, 4) is 0 Å². The summed E-state index contributed by atoms with van der Waals surface area (Å²) in [5, 5.41) is 1.27. The standard InChI is InChI=1S/C27H29NS2/c1-4-15-23-17-11-13-19-25(23)29-22(3)16-9-7-6-8-10-21-27-28(5-2)24-18-12-14-20-26(24)30-27/h6-14,16-21H,3-5,15H2,1-2H3/b7-6+,10-8+,16-9+,27-21-. The van der Waals surface area contributed by atoms with Gasteiger partial charge in [-0.05, 0) is 49.3 Å². The van der Waals surface area contributed by atoms with Crippen LogP contribution in [0.1, 0.15) is 25.8 Å². The van der Waals surface area contributed by atoms with Crippen molar-refractivity contribution in [2.75, 3.05) is 11.4 Å². The lowest BCUT2D eigenvalue weighted by Crippen LogP contribution is -2.16. The third-order valence-corrected chi connectivity index (χ3v) is 6.80. The zero-order chi connectivity index (χ0) is 21.2. The number of anilines is 1. The maximum Gasteiger partial charge on any atom is 0.0801 e. The van der Waals surface area contributed by atoms with E-state index in [4.69, 9.17) is 0 Å². The third-order valence-electron chi connectivity index (χ3n) is 4.65. The van der Waals surface area contributed by atoms with Crippen LogP contribution in [0.2, 0.25) is 0 Å². The minimum atomic E-state index is 0.976. The fourth-order valence-electron chi connectivity index (χ4n) is 3.25. The molecule has 0 radical (unpaired) electrons. The molecule has 0 aromatic heterocycles. The lowest BCUT2D eigenvalue weighted by molar-refractivity contribution is 0.901. The van der Waals surface area contributed by atoms with Crippen LogP contribution in [0.25, 0.3) is 0 Å². The Hall–Kier alpha value is -2.36. The smallest absolute Gasteiger partial charge is 0.0801 e. The first-order valence-corrected chi connectivity index (χ1v) is 12.1. The van der Waals surface area contributed by atoms with Crippen LogP contribution >= 0.6 is 23.5 Å². The molecule has 154 valence electrons. The first-order valence-electron chi connectivity index (χ1n) is 10.4. The number of rotatable bonds is 9. The van der Waals surface area contributed by atoms with Gasteiger partial charge in [0, 0.05) is 21.2 Å². The van der Waals surface area contributed by atoms with Gasteiger partial charge in [0.05, 0.1) is 10.7 Å². The molecule has 1 aliphatic rings. The summed E-state index contributed by atoms with van der Waals surface area (Å²) >= 11 is 3.57. The molecule has 0 amide bonds. The summed E-state index contributed by atoms with van der Waals surface area (Å²) in [4.78, 5) is 6.04. The minimum Gasteiger partial charge on any atom is -0.335 e. The Morgan fingerprint density at radius 2 is 1.70 bits per heavy atom. The zero-order valence-corrected chi connectivity index (χ0v) is 19.4. The van der Waals surface area contributed by atoms with Crippen molar-refractivity contribution in [1.82, 2.24) is 0 Å². The number of aryl methyl sites for hydroxylation is 1. The molecule has 0 saturated heterocycles. The molecule has 0 N–H and O–H groups in total. The summed E-state index contributed by atoms with van der Waals surface area (Å²) in [5.41, 5.74) is 2.71. The summed E-state index contributed by atoms with van der Waals surface area (Å²) in [7, 11) is 0. The average Bonchev–Trinajstić information content (AvgIpc) is 3.12. The molecule has 0 fully saturated rings. The van der Waals surface area contributed by atoms with E-state index in [2.05, 4.69) is 104 Å². The molecule has 0 saturated carbocycles. The van der Waals surface area contributed by atoms with E-state index in [9.17, 15) is 0 Å². The summed E-state index contributed by atoms with van der Waals surface area (Å²) in [5.74, 6) is 0. The molecule has 3 rings (SSSR count). The Balaban J connectivity index is 1.51. The van der Waals surface area contributed by atoms with Gasteiger partial charge in [-0.15, -0.1) is 0 Å². The van der Waals surface area contributed by atoms with Crippen molar-refractivity contribution in [2.45, 2.75) is 36.5 Å². The molecule has 2 aromatic carbocycles. The van der Waals surface area contributed by atoms with Crippen LogP contribution in [0, 0.1) is 0 Å². The summed E-state index contributed by atoms with van der Waals surface area (Å²) < 4.78 is 0. The predicted molar refractivity (Wildman–Crippen MR) is 136 cm³/mol. The highest BCUT2D eigenvalue weighted by atomic mass is 32.2. The van der Waals surface area contributed by atoms with Crippen LogP contribution < -0.4 is 4.90 Å². The third kappa shape index (κ3) is 6.07. The quantitative estimate of drug-likeness (QED) is 0.290. The predicted octanol–water partition coefficient (Wildman–Crippen LogP) is 8.39. The van der Waals surface area contributed by atoms with Gasteiger partial charge >= 0.3 is 0 Å². The van der Waals surface area contributed by atoms with Crippen LogP contribution in [0.3, 0.4) is 0 Å². The van der Waals surface area contributed by atoms with Gasteiger partial charge in [0.15, 0.2) is 0 Å². The Labute approximate surface area is 190 Å². The molecule has 3 heteroatoms. The Morgan fingerprint density at radius 3 is 2.53 bits per heavy atom. The zero-order valence-electron chi connectivity index (χ0n) is 17.8. The molecule has 0 bridgehead atoms. The summed E-state index contributed by atoms with van der Waals surface area (Å²) in [6, 6.07) is 17.2. The number of hydrogen-bond acceptors (Lipinski definition) is 3. The van der Waals surface area contributed by atoms with Gasteiger partial charge in [0.25, 0.3) is 0 Å². The Kier molecular flexibility index (Phi) is 8.73. The van der Waals surface area contributed by atoms with Gasteiger partial charge in [-0.2, -0.15) is 0 Å². The maximum absolute atomic E-state index is 4.18. The fraction of sp³-hybridized carbons (Fsp3) is 0.185. The first-order chi connectivity index (χ1) is 14.7. The van der Waals surface area contributed by atoms with E-state index >= 15 is 0 Å². The Bertz CT molecular complexity index is 982. The van der Waals surface area contributed by atoms with E-state index in [1.165, 1.54) is 26.1 Å². The molecule has 0 unspecified atom stereocenters. The number of allylic oxidation sites excluding steroid dienone is 7. The second kappa shape index (κ2) is 11.7. The number of fused-ring (bicyclic) bond motifs is 1. The number of para-hydroxylation sites is 1. The normalized spacial score (nSPS) is 15.1. The monoisotopic (exact) mass is 431 g/mol. The van der Waals surface area contributed by atoms with Crippen LogP contribution in [0.4, 0.5) is 5.69 Å². The molecule has 1 heterocycles. The Morgan fingerprint density at radius 1 is 0.967 bits per heavy atom. The fourth-order valence-corrected chi connectivity index (χ4v) is 5.27. The molecule has 0 atom stereocenters. The summed E-state index contributed by atoms with van der Waals surface area (Å²) in [6.07, 6.45) is 16.8. The van der Waals surface area contributed by atoms with Crippen LogP contribution in [0.15, 0.2) is 117 Å². The molecular formula is C27H29NS2. The van der Waals surface area contributed by atoms with Crippen LogP contribution in [-0.2, 0) is 6.42 Å². The van der Waals surface area contributed by atoms with Crippen molar-refractivity contribution in [2.24, 2.45) is 0 Å². The van der Waals surface area contributed by atoms with E-state index in [0.29, 0.717) is 0 Å². The number of benzene rings is 2. The molecular weight excluding hydrogens is 402 g/mol. The van der Waals surface area contributed by atoms with E-state index in [0.717, 1.165) is 24.3 Å². The molecule has 0 aliphatic carbocycles. The first kappa shape index (κ1) is 22.3. The highest BCUT2D eigenvalue weighted by Crippen LogP contribution is 2.45. The number of nitrogens with zero attached hydrogens (tertiary/aromatic N) is 1. The van der Waals surface area contributed by atoms with Crippen molar-refractivity contribution in [3.05, 3.63) is 113 Å². The molecule has 1 nitrogen and oxygen atoms in total. The largest absolute Gasteiger partial charge is 0.335 e. The van der Waals surface area contributed by atoms with E-state index in [1.807, 2.05) is 23.9 Å². The van der Waals surface area contributed by atoms with Crippen LogP contribution in [0.5, 0.6) is 0 Å². The highest BCUT2D eigenvalue weighted by molar-refractivity contribution is 8.03. The van der Waals surface area contributed by atoms with Gasteiger partial charge in [-0.1, -0.05) is 104 Å². The van der Waals surface area contributed by atoms with Gasteiger partial charge < -0.3 is 4.90 Å². The second-order valence-electron chi connectivity index (χ2n) is 6.87. The van der Waals surface area contributed by atoms with Gasteiger partial charge in [0.2, 0.25) is 0 Å². The van der Waals surface area contributed by atoms with Crippen molar-refractivity contribution in [1.29, 1.82) is 0 Å². The van der Waals surface area contributed by atoms with E-state index < -0.39 is 0 Å². The van der Waals surface area contributed by atoms with E-state index in [1.54, 1.807) is 11.8 Å². The van der Waals surface area contributed by atoms with Crippen molar-refractivity contribution >= 4 is 29.2 Å². The van der Waals surface area contributed by atoms with Crippen molar-refractivity contribution in [3.63, 3.8) is 0 Å². The maximum atomic E-state index is 4.18. The SMILES string of the molecule is C=C(/C=C/C=C/C=C/C=C1\Sc2ccccc2N1CC)Sc1ccccc1CCC. The van der Waals surface area contributed by atoms with Gasteiger partial charge in [0.1, 0.15) is 0 Å². The topological polar surface area (TPSA) is 3.24 Å².